The molecule has 2 aliphatic rings. The number of hydrogen-bond donors (Lipinski definition) is 0. The SMILES string of the molecule is Cc1c(C/C=C/C2CCCC2)ccc(OC2CCC2)c1F. The van der Waals surface area contributed by atoms with Crippen molar-refractivity contribution >= 4 is 0 Å². The summed E-state index contributed by atoms with van der Waals surface area (Å²) in [6, 6.07) is 3.82. The molecule has 2 fully saturated rings. The Labute approximate surface area is 127 Å². The predicted octanol–water partition coefficient (Wildman–Crippen LogP) is 5.35. The summed E-state index contributed by atoms with van der Waals surface area (Å²) in [5.41, 5.74) is 1.81. The first-order valence-electron chi connectivity index (χ1n) is 8.35. The summed E-state index contributed by atoms with van der Waals surface area (Å²) < 4.78 is 20.1. The number of rotatable bonds is 5. The van der Waals surface area contributed by atoms with Crippen LogP contribution in [0.3, 0.4) is 0 Å². The van der Waals surface area contributed by atoms with Gasteiger partial charge in [0.2, 0.25) is 0 Å². The van der Waals surface area contributed by atoms with Crippen LogP contribution in [0, 0.1) is 18.7 Å². The van der Waals surface area contributed by atoms with E-state index < -0.39 is 0 Å². The van der Waals surface area contributed by atoms with Crippen LogP contribution in [0.1, 0.15) is 56.1 Å². The lowest BCUT2D eigenvalue weighted by molar-refractivity contribution is 0.115. The van der Waals surface area contributed by atoms with Crippen LogP contribution >= 0.6 is 0 Å². The zero-order valence-corrected chi connectivity index (χ0v) is 12.9. The number of ether oxygens (including phenoxy) is 1. The average molecular weight is 288 g/mol. The molecule has 0 amide bonds. The molecule has 0 heterocycles. The van der Waals surface area contributed by atoms with Gasteiger partial charge in [-0.2, -0.15) is 0 Å². The third-order valence-corrected chi connectivity index (χ3v) is 4.95. The van der Waals surface area contributed by atoms with Gasteiger partial charge in [-0.05, 0) is 68.6 Å². The highest BCUT2D eigenvalue weighted by molar-refractivity contribution is 5.38. The van der Waals surface area contributed by atoms with Gasteiger partial charge in [0.05, 0.1) is 6.10 Å². The normalized spacial score (nSPS) is 20.1. The number of halogens is 1. The molecule has 0 aromatic heterocycles. The van der Waals surface area contributed by atoms with Crippen molar-refractivity contribution < 1.29 is 9.13 Å². The topological polar surface area (TPSA) is 9.23 Å². The third-order valence-electron chi connectivity index (χ3n) is 4.95. The van der Waals surface area contributed by atoms with Gasteiger partial charge in [0.1, 0.15) is 0 Å². The van der Waals surface area contributed by atoms with E-state index in [2.05, 4.69) is 12.2 Å². The Morgan fingerprint density at radius 2 is 1.90 bits per heavy atom. The van der Waals surface area contributed by atoms with Gasteiger partial charge in [-0.3, -0.25) is 0 Å². The second kappa shape index (κ2) is 6.64. The molecule has 2 heteroatoms. The molecule has 0 unspecified atom stereocenters. The van der Waals surface area contributed by atoms with Crippen molar-refractivity contribution in [2.45, 2.75) is 64.4 Å². The fourth-order valence-electron chi connectivity index (χ4n) is 3.22. The van der Waals surface area contributed by atoms with E-state index in [0.717, 1.165) is 36.3 Å². The molecule has 114 valence electrons. The van der Waals surface area contributed by atoms with E-state index >= 15 is 0 Å². The molecule has 21 heavy (non-hydrogen) atoms. The van der Waals surface area contributed by atoms with Crippen molar-refractivity contribution in [3.63, 3.8) is 0 Å². The molecule has 0 spiro atoms. The van der Waals surface area contributed by atoms with Crippen LogP contribution in [0.4, 0.5) is 4.39 Å². The molecule has 0 N–H and O–H groups in total. The molecule has 0 bridgehead atoms. The molecule has 1 nitrogen and oxygen atoms in total. The van der Waals surface area contributed by atoms with E-state index in [0.29, 0.717) is 5.75 Å². The molecule has 2 aliphatic carbocycles. The Morgan fingerprint density at radius 1 is 1.14 bits per heavy atom. The van der Waals surface area contributed by atoms with Crippen LogP contribution in [0.2, 0.25) is 0 Å². The minimum absolute atomic E-state index is 0.173. The van der Waals surface area contributed by atoms with Gasteiger partial charge in [-0.15, -0.1) is 0 Å². The van der Waals surface area contributed by atoms with Gasteiger partial charge in [0, 0.05) is 0 Å². The van der Waals surface area contributed by atoms with Crippen molar-refractivity contribution in [1.82, 2.24) is 0 Å². The Bertz CT molecular complexity index is 511. The Balaban J connectivity index is 1.63. The van der Waals surface area contributed by atoms with Crippen LogP contribution in [0.5, 0.6) is 5.75 Å². The fourth-order valence-corrected chi connectivity index (χ4v) is 3.22. The third kappa shape index (κ3) is 3.48. The first-order chi connectivity index (χ1) is 10.2. The van der Waals surface area contributed by atoms with Gasteiger partial charge in [-0.25, -0.2) is 4.39 Å². The van der Waals surface area contributed by atoms with E-state index in [4.69, 9.17) is 4.74 Å². The zero-order chi connectivity index (χ0) is 14.7. The predicted molar refractivity (Wildman–Crippen MR) is 84.2 cm³/mol. The molecule has 2 saturated carbocycles. The van der Waals surface area contributed by atoms with Crippen LogP contribution < -0.4 is 4.74 Å². The molecule has 0 aliphatic heterocycles. The highest BCUT2D eigenvalue weighted by atomic mass is 19.1. The summed E-state index contributed by atoms with van der Waals surface area (Å²) in [4.78, 5) is 0. The first-order valence-corrected chi connectivity index (χ1v) is 8.35. The second-order valence-corrected chi connectivity index (χ2v) is 6.51. The zero-order valence-electron chi connectivity index (χ0n) is 12.9. The average Bonchev–Trinajstić information content (AvgIpc) is 2.94. The lowest BCUT2D eigenvalue weighted by Gasteiger charge is -2.27. The maximum Gasteiger partial charge on any atom is 0.168 e. The summed E-state index contributed by atoms with van der Waals surface area (Å²) in [5, 5.41) is 0. The van der Waals surface area contributed by atoms with E-state index in [-0.39, 0.29) is 11.9 Å². The monoisotopic (exact) mass is 288 g/mol. The Morgan fingerprint density at radius 3 is 2.57 bits per heavy atom. The van der Waals surface area contributed by atoms with E-state index in [1.54, 1.807) is 6.07 Å². The maximum absolute atomic E-state index is 14.4. The van der Waals surface area contributed by atoms with E-state index in [9.17, 15) is 4.39 Å². The summed E-state index contributed by atoms with van der Waals surface area (Å²) in [5.74, 6) is 1.01. The number of allylic oxidation sites excluding steroid dienone is 2. The van der Waals surface area contributed by atoms with Crippen molar-refractivity contribution in [2.75, 3.05) is 0 Å². The minimum Gasteiger partial charge on any atom is -0.487 e. The summed E-state index contributed by atoms with van der Waals surface area (Å²) >= 11 is 0. The fraction of sp³-hybridized carbons (Fsp3) is 0.579. The number of benzene rings is 1. The van der Waals surface area contributed by atoms with Gasteiger partial charge in [0.15, 0.2) is 11.6 Å². The molecular formula is C19H25FO. The minimum atomic E-state index is -0.173. The Kier molecular flexibility index (Phi) is 4.62. The molecular weight excluding hydrogens is 263 g/mol. The molecule has 0 radical (unpaired) electrons. The Hall–Kier alpha value is -1.31. The van der Waals surface area contributed by atoms with Crippen molar-refractivity contribution in [1.29, 1.82) is 0 Å². The van der Waals surface area contributed by atoms with Crippen LogP contribution in [0.25, 0.3) is 0 Å². The second-order valence-electron chi connectivity index (χ2n) is 6.51. The van der Waals surface area contributed by atoms with E-state index in [1.807, 2.05) is 13.0 Å². The lowest BCUT2D eigenvalue weighted by Crippen LogP contribution is -2.25. The lowest BCUT2D eigenvalue weighted by atomic mass is 9.96. The van der Waals surface area contributed by atoms with Gasteiger partial charge < -0.3 is 4.74 Å². The molecule has 0 saturated heterocycles. The summed E-state index contributed by atoms with van der Waals surface area (Å²) in [6.07, 6.45) is 14.3. The van der Waals surface area contributed by atoms with Crippen LogP contribution in [0.15, 0.2) is 24.3 Å². The van der Waals surface area contributed by atoms with Gasteiger partial charge in [0.25, 0.3) is 0 Å². The number of hydrogen-bond acceptors (Lipinski definition) is 1. The first kappa shape index (κ1) is 14.6. The highest BCUT2D eigenvalue weighted by Gasteiger charge is 2.21. The summed E-state index contributed by atoms with van der Waals surface area (Å²) in [6.45, 7) is 1.86. The molecule has 1 aromatic rings. The standard InChI is InChI=1S/C19H25FO/c1-14-16(9-4-8-15-6-2-3-7-15)12-13-18(19(14)20)21-17-10-5-11-17/h4,8,12-13,15,17H,2-3,5-7,9-11H2,1H3/b8-4+. The van der Waals surface area contributed by atoms with Crippen molar-refractivity contribution in [3.8, 4) is 5.75 Å². The molecule has 0 atom stereocenters. The van der Waals surface area contributed by atoms with Crippen LogP contribution in [-0.4, -0.2) is 6.10 Å². The van der Waals surface area contributed by atoms with Crippen LogP contribution in [-0.2, 0) is 6.42 Å². The van der Waals surface area contributed by atoms with E-state index in [1.165, 1.54) is 32.1 Å². The van der Waals surface area contributed by atoms with Gasteiger partial charge in [-0.1, -0.05) is 31.1 Å². The largest absolute Gasteiger partial charge is 0.487 e. The summed E-state index contributed by atoms with van der Waals surface area (Å²) in [7, 11) is 0. The molecule has 3 rings (SSSR count). The highest BCUT2D eigenvalue weighted by Crippen LogP contribution is 2.30. The quantitative estimate of drug-likeness (QED) is 0.663. The smallest absolute Gasteiger partial charge is 0.168 e. The molecule has 1 aromatic carbocycles. The van der Waals surface area contributed by atoms with Crippen molar-refractivity contribution in [2.24, 2.45) is 5.92 Å². The van der Waals surface area contributed by atoms with Gasteiger partial charge >= 0.3 is 0 Å². The maximum atomic E-state index is 14.4. The van der Waals surface area contributed by atoms with Crippen molar-refractivity contribution in [3.05, 3.63) is 41.2 Å².